The fourth-order valence-corrected chi connectivity index (χ4v) is 2.67. The summed E-state index contributed by atoms with van der Waals surface area (Å²) in [5.74, 6) is 0.997. The molecule has 0 radical (unpaired) electrons. The molecule has 0 atom stereocenters. The minimum Gasteiger partial charge on any atom is -0.397 e. The molecule has 0 bridgehead atoms. The molecule has 2 heterocycles. The van der Waals surface area contributed by atoms with E-state index in [2.05, 4.69) is 35.0 Å². The molecule has 3 heteroatoms. The molecule has 1 aliphatic heterocycles. The molecule has 0 amide bonds. The van der Waals surface area contributed by atoms with Crippen LogP contribution in [0.15, 0.2) is 30.3 Å². The quantitative estimate of drug-likeness (QED) is 0.847. The maximum Gasteiger partial charge on any atom is 0.133 e. The Labute approximate surface area is 114 Å². The van der Waals surface area contributed by atoms with Crippen LogP contribution in [0, 0.1) is 13.8 Å². The third-order valence-electron chi connectivity index (χ3n) is 3.74. The van der Waals surface area contributed by atoms with Crippen LogP contribution in [-0.4, -0.2) is 11.5 Å². The molecule has 98 valence electrons. The predicted octanol–water partition coefficient (Wildman–Crippen LogP) is 3.36. The summed E-state index contributed by atoms with van der Waals surface area (Å²) >= 11 is 0. The summed E-state index contributed by atoms with van der Waals surface area (Å²) in [4.78, 5) is 6.91. The summed E-state index contributed by atoms with van der Waals surface area (Å²) in [6, 6.07) is 10.6. The van der Waals surface area contributed by atoms with Crippen molar-refractivity contribution < 1.29 is 0 Å². The highest BCUT2D eigenvalue weighted by atomic mass is 15.2. The molecule has 0 aliphatic carbocycles. The van der Waals surface area contributed by atoms with Gasteiger partial charge in [0.15, 0.2) is 0 Å². The Bertz CT molecular complexity index is 619. The second-order valence-electron chi connectivity index (χ2n) is 5.23. The zero-order valence-corrected chi connectivity index (χ0v) is 11.5. The Morgan fingerprint density at radius 3 is 2.79 bits per heavy atom. The van der Waals surface area contributed by atoms with Gasteiger partial charge in [-0.2, -0.15) is 0 Å². The van der Waals surface area contributed by atoms with Crippen molar-refractivity contribution in [1.29, 1.82) is 0 Å². The van der Waals surface area contributed by atoms with E-state index in [4.69, 9.17) is 5.73 Å². The van der Waals surface area contributed by atoms with Gasteiger partial charge in [-0.15, -0.1) is 0 Å². The molecule has 1 aliphatic rings. The van der Waals surface area contributed by atoms with Crippen LogP contribution in [0.4, 0.5) is 17.2 Å². The first-order chi connectivity index (χ1) is 9.15. The van der Waals surface area contributed by atoms with Gasteiger partial charge in [0.2, 0.25) is 0 Å². The van der Waals surface area contributed by atoms with E-state index in [1.165, 1.54) is 23.2 Å². The summed E-state index contributed by atoms with van der Waals surface area (Å²) in [7, 11) is 0. The number of aromatic nitrogens is 1. The number of nitrogen functional groups attached to an aromatic ring is 1. The van der Waals surface area contributed by atoms with Gasteiger partial charge in [0.05, 0.1) is 11.4 Å². The molecule has 3 rings (SSSR count). The Hall–Kier alpha value is -2.03. The highest BCUT2D eigenvalue weighted by Gasteiger charge is 2.19. The third-order valence-corrected chi connectivity index (χ3v) is 3.74. The topological polar surface area (TPSA) is 42.1 Å². The van der Waals surface area contributed by atoms with Crippen molar-refractivity contribution in [3.63, 3.8) is 0 Å². The standard InChI is InChI=1S/C16H19N3/c1-11-5-7-15-13(10-11)4-3-9-19(15)16-8-6-14(17)12(2)18-16/h5-8,10H,3-4,9,17H2,1-2H3. The number of rotatable bonds is 1. The maximum absolute atomic E-state index is 5.85. The van der Waals surface area contributed by atoms with Crippen molar-refractivity contribution >= 4 is 17.2 Å². The summed E-state index contributed by atoms with van der Waals surface area (Å²) < 4.78 is 0. The molecule has 0 unspecified atom stereocenters. The first-order valence-corrected chi connectivity index (χ1v) is 6.75. The monoisotopic (exact) mass is 253 g/mol. The Kier molecular flexibility index (Phi) is 2.90. The molecule has 2 aromatic rings. The normalized spacial score (nSPS) is 14.3. The van der Waals surface area contributed by atoms with Gasteiger partial charge in [-0.3, -0.25) is 0 Å². The van der Waals surface area contributed by atoms with Crippen LogP contribution in [0.1, 0.15) is 23.2 Å². The van der Waals surface area contributed by atoms with Gasteiger partial charge in [0.1, 0.15) is 5.82 Å². The Balaban J connectivity index is 2.05. The highest BCUT2D eigenvalue weighted by molar-refractivity contribution is 5.67. The second-order valence-corrected chi connectivity index (χ2v) is 5.23. The van der Waals surface area contributed by atoms with Crippen LogP contribution in [-0.2, 0) is 6.42 Å². The van der Waals surface area contributed by atoms with E-state index < -0.39 is 0 Å². The van der Waals surface area contributed by atoms with Crippen molar-refractivity contribution in [3.05, 3.63) is 47.2 Å². The van der Waals surface area contributed by atoms with Crippen LogP contribution < -0.4 is 10.6 Å². The smallest absolute Gasteiger partial charge is 0.133 e. The summed E-state index contributed by atoms with van der Waals surface area (Å²) in [6.45, 7) is 5.12. The molecular formula is C16H19N3. The van der Waals surface area contributed by atoms with Crippen molar-refractivity contribution in [3.8, 4) is 0 Å². The molecule has 2 N–H and O–H groups in total. The summed E-state index contributed by atoms with van der Waals surface area (Å²) in [6.07, 6.45) is 2.32. The van der Waals surface area contributed by atoms with Crippen LogP contribution in [0.3, 0.4) is 0 Å². The van der Waals surface area contributed by atoms with Crippen molar-refractivity contribution in [2.45, 2.75) is 26.7 Å². The number of fused-ring (bicyclic) bond motifs is 1. The summed E-state index contributed by atoms with van der Waals surface area (Å²) in [5, 5.41) is 0. The van der Waals surface area contributed by atoms with E-state index in [0.29, 0.717) is 0 Å². The molecule has 0 saturated carbocycles. The van der Waals surface area contributed by atoms with E-state index in [0.717, 1.165) is 30.2 Å². The number of benzene rings is 1. The first-order valence-electron chi connectivity index (χ1n) is 6.75. The van der Waals surface area contributed by atoms with Crippen LogP contribution in [0.2, 0.25) is 0 Å². The van der Waals surface area contributed by atoms with E-state index in [9.17, 15) is 0 Å². The van der Waals surface area contributed by atoms with Crippen LogP contribution >= 0.6 is 0 Å². The van der Waals surface area contributed by atoms with Gasteiger partial charge >= 0.3 is 0 Å². The number of anilines is 3. The minimum absolute atomic E-state index is 0.755. The van der Waals surface area contributed by atoms with Crippen molar-refractivity contribution in [2.75, 3.05) is 17.2 Å². The zero-order valence-electron chi connectivity index (χ0n) is 11.5. The number of hydrogen-bond donors (Lipinski definition) is 1. The van der Waals surface area contributed by atoms with Gasteiger partial charge in [-0.1, -0.05) is 17.7 Å². The van der Waals surface area contributed by atoms with Gasteiger partial charge < -0.3 is 10.6 Å². The van der Waals surface area contributed by atoms with Crippen molar-refractivity contribution in [1.82, 2.24) is 4.98 Å². The van der Waals surface area contributed by atoms with Gasteiger partial charge in [0, 0.05) is 12.2 Å². The number of nitrogens with two attached hydrogens (primary N) is 1. The van der Waals surface area contributed by atoms with E-state index in [1.807, 2.05) is 19.1 Å². The lowest BCUT2D eigenvalue weighted by atomic mass is 9.99. The highest BCUT2D eigenvalue weighted by Crippen LogP contribution is 2.33. The molecule has 1 aromatic carbocycles. The third kappa shape index (κ3) is 2.16. The fourth-order valence-electron chi connectivity index (χ4n) is 2.67. The van der Waals surface area contributed by atoms with Gasteiger partial charge in [-0.25, -0.2) is 4.98 Å². The van der Waals surface area contributed by atoms with Gasteiger partial charge in [-0.05, 0) is 50.5 Å². The Morgan fingerprint density at radius 2 is 2.00 bits per heavy atom. The lowest BCUT2D eigenvalue weighted by Crippen LogP contribution is -2.25. The van der Waals surface area contributed by atoms with Gasteiger partial charge in [0.25, 0.3) is 0 Å². The molecule has 0 spiro atoms. The number of nitrogens with zero attached hydrogens (tertiary/aromatic N) is 2. The zero-order chi connectivity index (χ0) is 13.4. The maximum atomic E-state index is 5.85. The predicted molar refractivity (Wildman–Crippen MR) is 79.9 cm³/mol. The van der Waals surface area contributed by atoms with Crippen LogP contribution in [0.25, 0.3) is 0 Å². The Morgan fingerprint density at radius 1 is 1.16 bits per heavy atom. The molecule has 0 saturated heterocycles. The first kappa shape index (κ1) is 12.0. The molecule has 1 aromatic heterocycles. The SMILES string of the molecule is Cc1ccc2c(c1)CCCN2c1ccc(N)c(C)n1. The molecular weight excluding hydrogens is 234 g/mol. The average Bonchev–Trinajstić information content (AvgIpc) is 2.41. The number of pyridine rings is 1. The van der Waals surface area contributed by atoms with E-state index in [1.54, 1.807) is 0 Å². The van der Waals surface area contributed by atoms with Crippen molar-refractivity contribution in [2.24, 2.45) is 0 Å². The summed E-state index contributed by atoms with van der Waals surface area (Å²) in [5.41, 5.74) is 11.5. The molecule has 19 heavy (non-hydrogen) atoms. The van der Waals surface area contributed by atoms with E-state index in [-0.39, 0.29) is 0 Å². The van der Waals surface area contributed by atoms with Crippen LogP contribution in [0.5, 0.6) is 0 Å². The number of aryl methyl sites for hydroxylation is 3. The largest absolute Gasteiger partial charge is 0.397 e. The minimum atomic E-state index is 0.755. The fraction of sp³-hybridized carbons (Fsp3) is 0.312. The molecule has 0 fully saturated rings. The number of hydrogen-bond acceptors (Lipinski definition) is 3. The average molecular weight is 253 g/mol. The lowest BCUT2D eigenvalue weighted by molar-refractivity contribution is 0.758. The lowest BCUT2D eigenvalue weighted by Gasteiger charge is -2.31. The van der Waals surface area contributed by atoms with E-state index >= 15 is 0 Å². The second kappa shape index (κ2) is 4.57. The molecule has 3 nitrogen and oxygen atoms in total.